The van der Waals surface area contributed by atoms with Crippen LogP contribution in [0.5, 0.6) is 0 Å². The van der Waals surface area contributed by atoms with Gasteiger partial charge in [0.15, 0.2) is 0 Å². The van der Waals surface area contributed by atoms with Gasteiger partial charge in [0, 0.05) is 46.4 Å². The molecule has 0 heterocycles. The minimum absolute atomic E-state index is 0.0726. The smallest absolute Gasteiger partial charge is 0.255 e. The molecule has 0 fully saturated rings. The number of ketones is 2. The zero-order valence-electron chi connectivity index (χ0n) is 22.1. The number of rotatable bonds is 10. The Morgan fingerprint density at radius 2 is 1.71 bits per heavy atom. The van der Waals surface area contributed by atoms with Crippen LogP contribution in [0.4, 0.5) is 0 Å². The van der Waals surface area contributed by atoms with Crippen LogP contribution >= 0.6 is 11.6 Å². The fraction of sp³-hybridized carbons (Fsp3) is 0.226. The Morgan fingerprint density at radius 3 is 2.32 bits per heavy atom. The Morgan fingerprint density at radius 1 is 1.08 bits per heavy atom. The van der Waals surface area contributed by atoms with Gasteiger partial charge in [-0.05, 0) is 37.5 Å². The van der Waals surface area contributed by atoms with Gasteiger partial charge in [-0.25, -0.2) is 0 Å². The molecule has 1 aliphatic rings. The minimum Gasteiger partial charge on any atom is -0.376 e. The highest BCUT2D eigenvalue weighted by atomic mass is 35.5. The summed E-state index contributed by atoms with van der Waals surface area (Å²) in [5.74, 6) is -0.624. The molecule has 2 N–H and O–H groups in total. The predicted octanol–water partition coefficient (Wildman–Crippen LogP) is 6.52. The molecular weight excluding hydrogens is 498 g/mol. The van der Waals surface area contributed by atoms with Gasteiger partial charge in [-0.2, -0.15) is 0 Å². The molecule has 2 aromatic rings. The van der Waals surface area contributed by atoms with Crippen LogP contribution in [0, 0.1) is 5.92 Å². The molecule has 0 radical (unpaired) electrons. The van der Waals surface area contributed by atoms with Gasteiger partial charge in [-0.15, -0.1) is 0 Å². The van der Waals surface area contributed by atoms with Gasteiger partial charge in [0.05, 0.1) is 0 Å². The molecule has 0 bridgehead atoms. The van der Waals surface area contributed by atoms with Gasteiger partial charge in [-0.3, -0.25) is 19.4 Å². The third-order valence-electron chi connectivity index (χ3n) is 6.29. The van der Waals surface area contributed by atoms with Crippen molar-refractivity contribution in [2.75, 3.05) is 0 Å². The number of aliphatic imine (C=N–C) groups is 1. The van der Waals surface area contributed by atoms with Crippen molar-refractivity contribution < 1.29 is 14.4 Å². The molecule has 1 aliphatic carbocycles. The highest BCUT2D eigenvalue weighted by Gasteiger charge is 2.31. The molecule has 0 aliphatic heterocycles. The van der Waals surface area contributed by atoms with E-state index in [1.54, 1.807) is 54.7 Å². The lowest BCUT2D eigenvalue weighted by Gasteiger charge is -2.19. The standard InChI is InChI=1S/C31H32ClN3O3/c1-6-19(3)12-17-24(20(4)33-7-2)21(5)35-31(38)23-15-13-22(14-16-23)18-34-28-27(32)29(36)25-10-8-9-11-26(25)30(28)37/h7-17,19,34H,5-6,18H2,1-4H3,(H,35,38)/b17-12-,24-20-,33-7?. The molecule has 0 saturated carbocycles. The molecular formula is C31H32ClN3O3. The number of amides is 1. The Labute approximate surface area is 228 Å². The molecule has 3 rings (SSSR count). The summed E-state index contributed by atoms with van der Waals surface area (Å²) < 4.78 is 0. The van der Waals surface area contributed by atoms with Crippen molar-refractivity contribution in [1.82, 2.24) is 10.6 Å². The second-order valence-corrected chi connectivity index (χ2v) is 9.38. The largest absolute Gasteiger partial charge is 0.376 e. The van der Waals surface area contributed by atoms with Crippen molar-refractivity contribution in [3.05, 3.63) is 117 Å². The number of allylic oxidation sites excluding steroid dienone is 5. The molecule has 6 nitrogen and oxygen atoms in total. The van der Waals surface area contributed by atoms with E-state index in [1.807, 2.05) is 19.9 Å². The van der Waals surface area contributed by atoms with Gasteiger partial charge in [0.25, 0.3) is 5.91 Å². The van der Waals surface area contributed by atoms with E-state index < -0.39 is 0 Å². The number of carbonyl (C=O) groups is 3. The van der Waals surface area contributed by atoms with Crippen LogP contribution < -0.4 is 10.6 Å². The summed E-state index contributed by atoms with van der Waals surface area (Å²) in [6.07, 6.45) is 6.73. The Balaban J connectivity index is 1.69. The normalized spacial score (nSPS) is 15.0. The van der Waals surface area contributed by atoms with Crippen LogP contribution in [0.15, 0.2) is 100.0 Å². The second kappa shape index (κ2) is 13.0. The lowest BCUT2D eigenvalue weighted by Crippen LogP contribution is -2.28. The number of hydrogen-bond acceptors (Lipinski definition) is 5. The number of carbonyl (C=O) groups excluding carboxylic acids is 3. The summed E-state index contributed by atoms with van der Waals surface area (Å²) in [7, 11) is 0. The fourth-order valence-corrected chi connectivity index (χ4v) is 4.10. The monoisotopic (exact) mass is 529 g/mol. The quantitative estimate of drug-likeness (QED) is 0.271. The number of hydrogen-bond donors (Lipinski definition) is 2. The number of benzene rings is 2. The average molecular weight is 530 g/mol. The van der Waals surface area contributed by atoms with Gasteiger partial charge >= 0.3 is 0 Å². The van der Waals surface area contributed by atoms with E-state index in [2.05, 4.69) is 42.1 Å². The number of fused-ring (bicyclic) bond motifs is 1. The van der Waals surface area contributed by atoms with Crippen LogP contribution in [0.2, 0.25) is 0 Å². The van der Waals surface area contributed by atoms with Gasteiger partial charge in [0.1, 0.15) is 10.7 Å². The summed E-state index contributed by atoms with van der Waals surface area (Å²) >= 11 is 6.22. The van der Waals surface area contributed by atoms with E-state index in [4.69, 9.17) is 11.6 Å². The first-order valence-corrected chi connectivity index (χ1v) is 12.8. The molecule has 38 heavy (non-hydrogen) atoms. The first kappa shape index (κ1) is 28.5. The molecule has 1 unspecified atom stereocenters. The molecule has 0 aromatic heterocycles. The molecule has 2 aromatic carbocycles. The highest BCUT2D eigenvalue weighted by Crippen LogP contribution is 2.27. The lowest BCUT2D eigenvalue weighted by atomic mass is 9.92. The number of halogens is 1. The fourth-order valence-electron chi connectivity index (χ4n) is 3.84. The summed E-state index contributed by atoms with van der Waals surface area (Å²) in [4.78, 5) is 42.7. The van der Waals surface area contributed by atoms with E-state index in [-0.39, 0.29) is 34.7 Å². The number of nitrogens with zero attached hydrogens (tertiary/aromatic N) is 1. The second-order valence-electron chi connectivity index (χ2n) is 9.01. The van der Waals surface area contributed by atoms with E-state index in [0.717, 1.165) is 23.3 Å². The first-order valence-electron chi connectivity index (χ1n) is 12.5. The van der Waals surface area contributed by atoms with E-state index in [1.165, 1.54) is 0 Å². The minimum atomic E-state index is -0.385. The summed E-state index contributed by atoms with van der Waals surface area (Å²) in [6, 6.07) is 13.5. The van der Waals surface area contributed by atoms with Crippen LogP contribution in [-0.4, -0.2) is 23.7 Å². The topological polar surface area (TPSA) is 87.6 Å². The molecule has 196 valence electrons. The van der Waals surface area contributed by atoms with Crippen LogP contribution in [-0.2, 0) is 6.54 Å². The van der Waals surface area contributed by atoms with Crippen molar-refractivity contribution >= 4 is 35.3 Å². The zero-order valence-corrected chi connectivity index (χ0v) is 22.9. The molecule has 1 atom stereocenters. The highest BCUT2D eigenvalue weighted by molar-refractivity contribution is 6.49. The van der Waals surface area contributed by atoms with E-state index >= 15 is 0 Å². The maximum Gasteiger partial charge on any atom is 0.255 e. The zero-order chi connectivity index (χ0) is 27.8. The van der Waals surface area contributed by atoms with Gasteiger partial charge < -0.3 is 10.6 Å². The maximum atomic E-state index is 12.9. The van der Waals surface area contributed by atoms with Crippen molar-refractivity contribution in [3.63, 3.8) is 0 Å². The third kappa shape index (κ3) is 6.64. The Bertz CT molecular complexity index is 1380. The van der Waals surface area contributed by atoms with Crippen molar-refractivity contribution in [2.45, 2.75) is 40.7 Å². The van der Waals surface area contributed by atoms with Crippen LogP contribution in [0.1, 0.15) is 70.8 Å². The summed E-state index contributed by atoms with van der Waals surface area (Å²) in [6.45, 7) is 12.3. The molecule has 0 saturated heterocycles. The molecule has 7 heteroatoms. The van der Waals surface area contributed by atoms with Crippen molar-refractivity contribution in [3.8, 4) is 0 Å². The predicted molar refractivity (Wildman–Crippen MR) is 153 cm³/mol. The van der Waals surface area contributed by atoms with Crippen LogP contribution in [0.25, 0.3) is 0 Å². The van der Waals surface area contributed by atoms with Gasteiger partial charge in [-0.1, -0.05) is 87.0 Å². The van der Waals surface area contributed by atoms with E-state index in [0.29, 0.717) is 28.3 Å². The first-order chi connectivity index (χ1) is 18.2. The van der Waals surface area contributed by atoms with Crippen molar-refractivity contribution in [1.29, 1.82) is 0 Å². The van der Waals surface area contributed by atoms with Crippen molar-refractivity contribution in [2.24, 2.45) is 10.9 Å². The maximum absolute atomic E-state index is 12.9. The third-order valence-corrected chi connectivity index (χ3v) is 6.65. The Hall–Kier alpha value is -4.03. The average Bonchev–Trinajstić information content (AvgIpc) is 2.92. The lowest BCUT2D eigenvalue weighted by molar-refractivity contribution is 0.0966. The van der Waals surface area contributed by atoms with E-state index in [9.17, 15) is 14.4 Å². The van der Waals surface area contributed by atoms with Gasteiger partial charge in [0.2, 0.25) is 11.6 Å². The van der Waals surface area contributed by atoms with Crippen LogP contribution in [0.3, 0.4) is 0 Å². The number of nitrogens with one attached hydrogen (secondary N) is 2. The summed E-state index contributed by atoms with van der Waals surface area (Å²) in [5, 5.41) is 5.73. The number of Topliss-reactive ketones (excluding diaryl/α,β-unsaturated/α-hetero) is 2. The molecule has 1 amide bonds. The molecule has 0 spiro atoms. The SMILES string of the molecule is C=C(NC(=O)c1ccc(CNC2=C(Cl)C(=O)c3ccccc3C2=O)cc1)C(/C=C\C(C)CC)=C(/C)N=CC. The Kier molecular flexibility index (Phi) is 9.74. The summed E-state index contributed by atoms with van der Waals surface area (Å²) in [5.41, 5.74) is 3.93.